The van der Waals surface area contributed by atoms with Gasteiger partial charge in [0.1, 0.15) is 0 Å². The Morgan fingerprint density at radius 1 is 0.500 bits per heavy atom. The summed E-state index contributed by atoms with van der Waals surface area (Å²) in [6.45, 7) is 6.08. The van der Waals surface area contributed by atoms with E-state index in [2.05, 4.69) is 41.7 Å². The Kier molecular flexibility index (Phi) is 18.6. The predicted octanol–water partition coefficient (Wildman–Crippen LogP) is 11.5. The quantitative estimate of drug-likeness (QED) is 0.0340. The van der Waals surface area contributed by atoms with Gasteiger partial charge in [0, 0.05) is 34.5 Å². The average molecular weight is 973 g/mol. The minimum Gasteiger partial charge on any atom is -0.323 e. The lowest BCUT2D eigenvalue weighted by Gasteiger charge is -2.18. The summed E-state index contributed by atoms with van der Waals surface area (Å²) in [4.78, 5) is 79.3. The van der Waals surface area contributed by atoms with Crippen LogP contribution < -0.4 is 21.3 Å². The maximum Gasteiger partial charge on any atom is 0.258 e. The normalized spacial score (nSPS) is 12.1. The fraction of sp³-hybridized carbons (Fsp3) is 0.250. The van der Waals surface area contributed by atoms with E-state index in [0.29, 0.717) is 71.3 Å². The SMILES string of the molecule is CCc1cc(NC(=O)C(N=Nc2ccc(Cl)c(C(=O)Nc3ccccc3CCCl)c2)C(C)=O)c(CC)cc1NC(=O)C(N=Nc1ccc(Cl)c(C(=O)Nc2ccccc2CCCl)c1)C(C)=O. The van der Waals surface area contributed by atoms with Gasteiger partial charge in [0.2, 0.25) is 12.1 Å². The summed E-state index contributed by atoms with van der Waals surface area (Å²) in [5, 5.41) is 27.9. The van der Waals surface area contributed by atoms with Gasteiger partial charge < -0.3 is 21.3 Å². The number of halogens is 4. The topological polar surface area (TPSA) is 200 Å². The van der Waals surface area contributed by atoms with Crippen molar-refractivity contribution in [3.05, 3.63) is 140 Å². The first-order valence-electron chi connectivity index (χ1n) is 20.8. The second-order valence-corrected chi connectivity index (χ2v) is 16.3. The van der Waals surface area contributed by atoms with E-state index in [-0.39, 0.29) is 32.5 Å². The molecule has 0 radical (unpaired) electrons. The number of hydrogen-bond acceptors (Lipinski definition) is 10. The van der Waals surface area contributed by atoms with Crippen LogP contribution in [0.1, 0.15) is 70.7 Å². The number of nitrogens with one attached hydrogen (secondary N) is 4. The third-order valence-corrected chi connectivity index (χ3v) is 11.1. The second kappa shape index (κ2) is 24.3. The van der Waals surface area contributed by atoms with Gasteiger partial charge in [-0.25, -0.2) is 0 Å². The Bertz CT molecular complexity index is 2530. The van der Waals surface area contributed by atoms with E-state index in [9.17, 15) is 28.8 Å². The zero-order chi connectivity index (χ0) is 47.9. The molecule has 0 saturated carbocycles. The molecule has 14 nitrogen and oxygen atoms in total. The van der Waals surface area contributed by atoms with Crippen molar-refractivity contribution in [3.63, 3.8) is 0 Å². The number of anilines is 4. The van der Waals surface area contributed by atoms with Gasteiger partial charge in [-0.2, -0.15) is 20.5 Å². The second-order valence-electron chi connectivity index (χ2n) is 14.7. The van der Waals surface area contributed by atoms with Crippen molar-refractivity contribution < 1.29 is 28.8 Å². The number of carbonyl (C=O) groups excluding carboxylic acids is 6. The summed E-state index contributed by atoms with van der Waals surface area (Å²) >= 11 is 24.6. The van der Waals surface area contributed by atoms with Crippen LogP contribution in [0.15, 0.2) is 118 Å². The van der Waals surface area contributed by atoms with Crippen molar-refractivity contribution in [2.45, 2.75) is 65.5 Å². The van der Waals surface area contributed by atoms with Crippen LogP contribution in [0.25, 0.3) is 0 Å². The maximum atomic E-state index is 13.6. The number of Topliss-reactive ketones (excluding diaryl/α,β-unsaturated/α-hetero) is 2. The Morgan fingerprint density at radius 2 is 0.879 bits per heavy atom. The van der Waals surface area contributed by atoms with Crippen molar-refractivity contribution in [2.24, 2.45) is 20.5 Å². The summed E-state index contributed by atoms with van der Waals surface area (Å²) in [5.41, 5.74) is 5.29. The minimum atomic E-state index is -1.56. The maximum absolute atomic E-state index is 13.6. The highest BCUT2D eigenvalue weighted by Gasteiger charge is 2.27. The highest BCUT2D eigenvalue weighted by Crippen LogP contribution is 2.30. The lowest BCUT2D eigenvalue weighted by molar-refractivity contribution is -0.127. The van der Waals surface area contributed by atoms with Crippen LogP contribution in [0, 0.1) is 0 Å². The van der Waals surface area contributed by atoms with Crippen molar-refractivity contribution in [3.8, 4) is 0 Å². The van der Waals surface area contributed by atoms with Crippen LogP contribution in [-0.4, -0.2) is 59.0 Å². The van der Waals surface area contributed by atoms with Gasteiger partial charge in [-0.3, -0.25) is 28.8 Å². The Balaban J connectivity index is 1.30. The zero-order valence-corrected chi connectivity index (χ0v) is 39.4. The number of ketones is 2. The summed E-state index contributed by atoms with van der Waals surface area (Å²) in [6, 6.07) is 23.4. The molecule has 0 aliphatic carbocycles. The summed E-state index contributed by atoms with van der Waals surface area (Å²) in [5.74, 6) is -3.00. The standard InChI is InChI=1S/C48H46Cl4N8O6/c1-5-29-23-42(56-48(66)44(28(4)62)60-58-34-16-18-38(52)36(26-34)46(64)54-40-14-10-8-12-32(40)20-22-50)30(6-2)24-41(29)55-47(65)43(27(3)61)59-57-33-15-17-37(51)35(25-33)45(63)53-39-13-9-7-11-31(39)19-21-49/h7-18,23-26,43-44H,5-6,19-22H2,1-4H3,(H,53,63)(H,54,64)(H,55,65)(H,56,66). The zero-order valence-electron chi connectivity index (χ0n) is 36.4. The molecule has 4 amide bonds. The number of hydrogen-bond donors (Lipinski definition) is 4. The lowest BCUT2D eigenvalue weighted by Crippen LogP contribution is -2.33. The largest absolute Gasteiger partial charge is 0.323 e. The van der Waals surface area contributed by atoms with Gasteiger partial charge in [-0.15, -0.1) is 23.2 Å². The Labute approximate surface area is 402 Å². The smallest absolute Gasteiger partial charge is 0.258 e. The molecule has 2 unspecified atom stereocenters. The summed E-state index contributed by atoms with van der Waals surface area (Å²) in [7, 11) is 0. The number of azo groups is 2. The first-order valence-corrected chi connectivity index (χ1v) is 22.6. The van der Waals surface area contributed by atoms with Gasteiger partial charge in [0.15, 0.2) is 11.6 Å². The molecule has 5 rings (SSSR count). The van der Waals surface area contributed by atoms with Gasteiger partial charge >= 0.3 is 0 Å². The van der Waals surface area contributed by atoms with E-state index < -0.39 is 47.3 Å². The van der Waals surface area contributed by atoms with Gasteiger partial charge in [-0.1, -0.05) is 73.4 Å². The van der Waals surface area contributed by atoms with Gasteiger partial charge in [0.25, 0.3) is 23.6 Å². The number of nitrogens with zero attached hydrogens (tertiary/aromatic N) is 4. The number of rotatable bonds is 20. The first-order chi connectivity index (χ1) is 31.7. The predicted molar refractivity (Wildman–Crippen MR) is 261 cm³/mol. The lowest BCUT2D eigenvalue weighted by atomic mass is 10.0. The van der Waals surface area contributed by atoms with Crippen LogP contribution in [-0.2, 0) is 44.9 Å². The third-order valence-electron chi connectivity index (χ3n) is 10.1. The Hall–Kier alpha value is -6.32. The van der Waals surface area contributed by atoms with Crippen molar-refractivity contribution in [1.82, 2.24) is 0 Å². The number of benzene rings is 5. The summed E-state index contributed by atoms with van der Waals surface area (Å²) < 4.78 is 0. The molecule has 342 valence electrons. The third kappa shape index (κ3) is 13.4. The molecule has 0 aliphatic rings. The molecule has 0 bridgehead atoms. The van der Waals surface area contributed by atoms with Gasteiger partial charge in [0.05, 0.1) is 32.5 Å². The average Bonchev–Trinajstić information content (AvgIpc) is 3.29. The molecule has 0 saturated heterocycles. The van der Waals surface area contributed by atoms with E-state index >= 15 is 0 Å². The van der Waals surface area contributed by atoms with Gasteiger partial charge in [-0.05, 0) is 122 Å². The molecule has 0 spiro atoms. The molecule has 0 heterocycles. The van der Waals surface area contributed by atoms with E-state index in [4.69, 9.17) is 46.4 Å². The molecule has 18 heteroatoms. The molecular weight excluding hydrogens is 926 g/mol. The van der Waals surface area contributed by atoms with Crippen molar-refractivity contribution in [1.29, 1.82) is 0 Å². The molecule has 5 aromatic carbocycles. The minimum absolute atomic E-state index is 0.0977. The Morgan fingerprint density at radius 3 is 1.23 bits per heavy atom. The van der Waals surface area contributed by atoms with Crippen LogP contribution in [0.3, 0.4) is 0 Å². The van der Waals surface area contributed by atoms with Crippen molar-refractivity contribution in [2.75, 3.05) is 33.0 Å². The van der Waals surface area contributed by atoms with E-state index in [0.717, 1.165) is 11.1 Å². The molecule has 66 heavy (non-hydrogen) atoms. The number of carbonyl (C=O) groups is 6. The molecule has 4 N–H and O–H groups in total. The number of para-hydroxylation sites is 2. The molecule has 0 fully saturated rings. The molecule has 5 aromatic rings. The molecule has 0 aliphatic heterocycles. The number of alkyl halides is 2. The van der Waals surface area contributed by atoms with Crippen molar-refractivity contribution >= 4 is 116 Å². The molecule has 2 atom stereocenters. The fourth-order valence-corrected chi connectivity index (χ4v) is 7.41. The highest BCUT2D eigenvalue weighted by atomic mass is 35.5. The van der Waals surface area contributed by atoms with E-state index in [1.54, 1.807) is 36.4 Å². The van der Waals surface area contributed by atoms with Crippen LogP contribution in [0.4, 0.5) is 34.1 Å². The van der Waals surface area contributed by atoms with Crippen LogP contribution >= 0.6 is 46.4 Å². The molecular formula is C48H46Cl4N8O6. The summed E-state index contributed by atoms with van der Waals surface area (Å²) in [6.07, 6.45) is 1.86. The first kappa shape index (κ1) is 50.7. The number of amides is 4. The highest BCUT2D eigenvalue weighted by molar-refractivity contribution is 6.35. The fourth-order valence-electron chi connectivity index (χ4n) is 6.60. The van der Waals surface area contributed by atoms with Crippen LogP contribution in [0.5, 0.6) is 0 Å². The number of aryl methyl sites for hydroxylation is 4. The van der Waals surface area contributed by atoms with E-state index in [1.165, 1.54) is 50.2 Å². The molecule has 0 aromatic heterocycles. The van der Waals surface area contributed by atoms with Crippen LogP contribution in [0.2, 0.25) is 10.0 Å². The van der Waals surface area contributed by atoms with E-state index in [1.807, 2.05) is 38.1 Å². The monoisotopic (exact) mass is 970 g/mol.